The molecule has 0 bridgehead atoms. The molecule has 1 heterocycles. The number of carbonyl (C=O) groups excluding carboxylic acids is 2. The minimum atomic E-state index is -0.517. The summed E-state index contributed by atoms with van der Waals surface area (Å²) in [4.78, 5) is 36.9. The molecule has 0 spiro atoms. The maximum atomic E-state index is 12.3. The van der Waals surface area contributed by atoms with Crippen molar-refractivity contribution in [3.8, 4) is 0 Å². The lowest BCUT2D eigenvalue weighted by atomic mass is 10.0. The Kier molecular flexibility index (Phi) is 3.72. The van der Waals surface area contributed by atoms with E-state index in [9.17, 15) is 19.7 Å². The van der Waals surface area contributed by atoms with Gasteiger partial charge in [-0.25, -0.2) is 0 Å². The number of non-ortho nitro benzene ring substituents is 1. The van der Waals surface area contributed by atoms with E-state index in [2.05, 4.69) is 4.98 Å². The first kappa shape index (κ1) is 14.6. The van der Waals surface area contributed by atoms with Crippen LogP contribution in [0.25, 0.3) is 10.9 Å². The average Bonchev–Trinajstić information content (AvgIpc) is 2.91. The van der Waals surface area contributed by atoms with Crippen LogP contribution in [0.15, 0.2) is 48.5 Å². The monoisotopic (exact) mass is 308 g/mol. The standard InChI is InChI=1S/C17H12N2O4/c20-10-14-13-3-1-2-4-15(13)18-16(14)9-17(21)11-5-7-12(8-6-11)19(22)23/h1-8,10,18H,9H2. The van der Waals surface area contributed by atoms with Gasteiger partial charge in [0.05, 0.1) is 11.3 Å². The lowest BCUT2D eigenvalue weighted by Gasteiger charge is -2.01. The quantitative estimate of drug-likeness (QED) is 0.338. The number of nitrogens with one attached hydrogen (secondary N) is 1. The summed E-state index contributed by atoms with van der Waals surface area (Å²) in [5, 5.41) is 11.4. The Morgan fingerprint density at radius 3 is 2.48 bits per heavy atom. The van der Waals surface area contributed by atoms with Crippen molar-refractivity contribution in [2.45, 2.75) is 6.42 Å². The van der Waals surface area contributed by atoms with Gasteiger partial charge in [0.2, 0.25) is 0 Å². The molecule has 0 saturated carbocycles. The van der Waals surface area contributed by atoms with Gasteiger partial charge >= 0.3 is 0 Å². The van der Waals surface area contributed by atoms with E-state index in [0.717, 1.165) is 17.2 Å². The van der Waals surface area contributed by atoms with Gasteiger partial charge in [0.1, 0.15) is 0 Å². The molecule has 1 aromatic heterocycles. The van der Waals surface area contributed by atoms with Crippen LogP contribution < -0.4 is 0 Å². The molecule has 2 aromatic carbocycles. The van der Waals surface area contributed by atoms with E-state index in [1.807, 2.05) is 24.3 Å². The molecule has 114 valence electrons. The fourth-order valence-electron chi connectivity index (χ4n) is 2.53. The van der Waals surface area contributed by atoms with Crippen LogP contribution in [0.3, 0.4) is 0 Å². The minimum absolute atomic E-state index is 0.0283. The summed E-state index contributed by atoms with van der Waals surface area (Å²) in [6.07, 6.45) is 0.762. The highest BCUT2D eigenvalue weighted by Crippen LogP contribution is 2.22. The molecule has 1 N–H and O–H groups in total. The predicted molar refractivity (Wildman–Crippen MR) is 84.8 cm³/mol. The van der Waals surface area contributed by atoms with Crippen molar-refractivity contribution >= 4 is 28.7 Å². The van der Waals surface area contributed by atoms with E-state index >= 15 is 0 Å². The third-order valence-corrected chi connectivity index (χ3v) is 3.68. The molecule has 23 heavy (non-hydrogen) atoms. The second-order valence-electron chi connectivity index (χ2n) is 5.08. The number of ketones is 1. The van der Waals surface area contributed by atoms with E-state index in [4.69, 9.17) is 0 Å². The molecule has 0 aliphatic carbocycles. The number of carbonyl (C=O) groups is 2. The highest BCUT2D eigenvalue weighted by atomic mass is 16.6. The molecule has 0 radical (unpaired) electrons. The van der Waals surface area contributed by atoms with Gasteiger partial charge < -0.3 is 4.98 Å². The van der Waals surface area contributed by atoms with Gasteiger partial charge in [0, 0.05) is 39.9 Å². The Hall–Kier alpha value is -3.28. The lowest BCUT2D eigenvalue weighted by molar-refractivity contribution is -0.384. The number of para-hydroxylation sites is 1. The predicted octanol–water partition coefficient (Wildman–Crippen LogP) is 3.31. The van der Waals surface area contributed by atoms with Crippen molar-refractivity contribution in [2.75, 3.05) is 0 Å². The Morgan fingerprint density at radius 1 is 1.13 bits per heavy atom. The first-order chi connectivity index (χ1) is 11.1. The average molecular weight is 308 g/mol. The summed E-state index contributed by atoms with van der Waals surface area (Å²) in [6, 6.07) is 12.7. The summed E-state index contributed by atoms with van der Waals surface area (Å²) in [6.45, 7) is 0. The van der Waals surface area contributed by atoms with E-state index in [1.165, 1.54) is 24.3 Å². The van der Waals surface area contributed by atoms with E-state index < -0.39 is 4.92 Å². The summed E-state index contributed by atoms with van der Waals surface area (Å²) < 4.78 is 0. The molecular formula is C17H12N2O4. The molecule has 0 aliphatic rings. The van der Waals surface area contributed by atoms with Gasteiger partial charge in [-0.15, -0.1) is 0 Å². The van der Waals surface area contributed by atoms with Gasteiger partial charge in [-0.05, 0) is 18.2 Å². The number of nitro groups is 1. The number of hydrogen-bond donors (Lipinski definition) is 1. The van der Waals surface area contributed by atoms with Crippen LogP contribution >= 0.6 is 0 Å². The highest BCUT2D eigenvalue weighted by Gasteiger charge is 2.16. The van der Waals surface area contributed by atoms with Crippen molar-refractivity contribution in [3.05, 3.63) is 75.5 Å². The number of aldehydes is 1. The van der Waals surface area contributed by atoms with Gasteiger partial charge in [-0.1, -0.05) is 18.2 Å². The molecule has 0 fully saturated rings. The van der Waals surface area contributed by atoms with Crippen molar-refractivity contribution in [3.63, 3.8) is 0 Å². The summed E-state index contributed by atoms with van der Waals surface area (Å²) in [5.74, 6) is -0.213. The van der Waals surface area contributed by atoms with Crippen LogP contribution in [0.2, 0.25) is 0 Å². The van der Waals surface area contributed by atoms with Crippen molar-refractivity contribution < 1.29 is 14.5 Å². The number of benzene rings is 2. The molecule has 0 amide bonds. The van der Waals surface area contributed by atoms with Gasteiger partial charge in [-0.2, -0.15) is 0 Å². The number of nitro benzene ring substituents is 1. The zero-order chi connectivity index (χ0) is 16.4. The summed E-state index contributed by atoms with van der Waals surface area (Å²) >= 11 is 0. The van der Waals surface area contributed by atoms with E-state index in [1.54, 1.807) is 0 Å². The van der Waals surface area contributed by atoms with Crippen LogP contribution in [0.1, 0.15) is 26.4 Å². The second-order valence-corrected chi connectivity index (χ2v) is 5.08. The largest absolute Gasteiger partial charge is 0.357 e. The number of aromatic amines is 1. The molecule has 0 aliphatic heterocycles. The number of hydrogen-bond acceptors (Lipinski definition) is 4. The maximum Gasteiger partial charge on any atom is 0.269 e. The maximum absolute atomic E-state index is 12.3. The molecule has 0 unspecified atom stereocenters. The first-order valence-electron chi connectivity index (χ1n) is 6.92. The van der Waals surface area contributed by atoms with Crippen LogP contribution in [0.4, 0.5) is 5.69 Å². The Balaban J connectivity index is 1.90. The minimum Gasteiger partial charge on any atom is -0.357 e. The lowest BCUT2D eigenvalue weighted by Crippen LogP contribution is -2.05. The Morgan fingerprint density at radius 2 is 1.83 bits per heavy atom. The SMILES string of the molecule is O=Cc1c(CC(=O)c2ccc([N+](=O)[O-])cc2)[nH]c2ccccc12. The Labute approximate surface area is 130 Å². The van der Waals surface area contributed by atoms with E-state index in [0.29, 0.717) is 16.8 Å². The molecule has 6 heteroatoms. The van der Waals surface area contributed by atoms with Gasteiger partial charge in [-0.3, -0.25) is 19.7 Å². The van der Waals surface area contributed by atoms with Crippen LogP contribution in [0.5, 0.6) is 0 Å². The van der Waals surface area contributed by atoms with Crippen molar-refractivity contribution in [2.24, 2.45) is 0 Å². The summed E-state index contributed by atoms with van der Waals surface area (Å²) in [5.41, 5.74) is 2.10. The van der Waals surface area contributed by atoms with Crippen LogP contribution in [-0.2, 0) is 6.42 Å². The van der Waals surface area contributed by atoms with Gasteiger partial charge in [0.15, 0.2) is 12.1 Å². The number of aromatic nitrogens is 1. The first-order valence-corrected chi connectivity index (χ1v) is 6.92. The van der Waals surface area contributed by atoms with Gasteiger partial charge in [0.25, 0.3) is 5.69 Å². The third kappa shape index (κ3) is 2.74. The fourth-order valence-corrected chi connectivity index (χ4v) is 2.53. The number of nitrogens with zero attached hydrogens (tertiary/aromatic N) is 1. The molecule has 0 saturated heterocycles. The van der Waals surface area contributed by atoms with Crippen molar-refractivity contribution in [1.82, 2.24) is 4.98 Å². The van der Waals surface area contributed by atoms with Crippen molar-refractivity contribution in [1.29, 1.82) is 0 Å². The molecular weight excluding hydrogens is 296 g/mol. The molecule has 3 rings (SSSR count). The number of Topliss-reactive ketones (excluding diaryl/α,β-unsaturated/α-hetero) is 1. The number of fused-ring (bicyclic) bond motifs is 1. The van der Waals surface area contributed by atoms with E-state index in [-0.39, 0.29) is 17.9 Å². The third-order valence-electron chi connectivity index (χ3n) is 3.68. The highest BCUT2D eigenvalue weighted by molar-refractivity contribution is 6.03. The zero-order valence-corrected chi connectivity index (χ0v) is 12.0. The normalized spacial score (nSPS) is 10.6. The molecule has 3 aromatic rings. The topological polar surface area (TPSA) is 93.1 Å². The number of rotatable bonds is 5. The molecule has 6 nitrogen and oxygen atoms in total. The van der Waals surface area contributed by atoms with Crippen LogP contribution in [0, 0.1) is 10.1 Å². The Bertz CT molecular complexity index is 910. The number of H-pyrrole nitrogens is 1. The van der Waals surface area contributed by atoms with Crippen LogP contribution in [-0.4, -0.2) is 22.0 Å². The molecule has 0 atom stereocenters. The second kappa shape index (κ2) is 5.84. The smallest absolute Gasteiger partial charge is 0.269 e. The summed E-state index contributed by atoms with van der Waals surface area (Å²) in [7, 11) is 0. The zero-order valence-electron chi connectivity index (χ0n) is 12.0. The fraction of sp³-hybridized carbons (Fsp3) is 0.0588.